The van der Waals surface area contributed by atoms with Gasteiger partial charge in [0.25, 0.3) is 0 Å². The molecule has 1 aromatic carbocycles. The van der Waals surface area contributed by atoms with Crippen LogP contribution in [0, 0.1) is 5.82 Å². The van der Waals surface area contributed by atoms with Crippen molar-refractivity contribution in [3.8, 4) is 0 Å². The minimum atomic E-state index is -1.10. The minimum Gasteiger partial charge on any atom is -0.363 e. The van der Waals surface area contributed by atoms with Crippen LogP contribution in [0.25, 0.3) is 0 Å². The molecule has 4 N–H and O–H groups in total. The second-order valence-corrected chi connectivity index (χ2v) is 10.2. The van der Waals surface area contributed by atoms with Gasteiger partial charge >= 0.3 is 0 Å². The second kappa shape index (κ2) is 16.7. The van der Waals surface area contributed by atoms with Crippen LogP contribution in [0.1, 0.15) is 40.0 Å². The number of aliphatic imine (C=N–C) groups is 1. The predicted molar refractivity (Wildman–Crippen MR) is 157 cm³/mol. The average Bonchev–Trinajstić information content (AvgIpc) is 3.28. The maximum atomic E-state index is 13.0. The predicted octanol–water partition coefficient (Wildman–Crippen LogP) is 6.16. The highest BCUT2D eigenvalue weighted by atomic mass is 35.5. The van der Waals surface area contributed by atoms with Gasteiger partial charge in [0.2, 0.25) is 7.41 Å². The molecule has 10 heteroatoms. The summed E-state index contributed by atoms with van der Waals surface area (Å²) in [5.74, 6) is 0.633. The molecule has 1 radical (unpaired) electrons. The van der Waals surface area contributed by atoms with E-state index < -0.39 is 6.30 Å². The third-order valence-electron chi connectivity index (χ3n) is 5.66. The lowest BCUT2D eigenvalue weighted by molar-refractivity contribution is 0.329. The van der Waals surface area contributed by atoms with Gasteiger partial charge in [-0.25, -0.2) is 8.78 Å². The molecule has 0 aromatic heterocycles. The lowest BCUT2D eigenvalue weighted by Gasteiger charge is -2.30. The number of benzene rings is 1. The van der Waals surface area contributed by atoms with Gasteiger partial charge in [-0.15, -0.1) is 0 Å². The highest BCUT2D eigenvalue weighted by molar-refractivity contribution is 8.06. The van der Waals surface area contributed by atoms with E-state index in [-0.39, 0.29) is 11.9 Å². The van der Waals surface area contributed by atoms with Gasteiger partial charge in [-0.3, -0.25) is 4.99 Å². The van der Waals surface area contributed by atoms with Crippen molar-refractivity contribution in [1.29, 1.82) is 0 Å². The maximum Gasteiger partial charge on any atom is 0.205 e. The topological polar surface area (TPSA) is 65.7 Å². The molecule has 0 aliphatic carbocycles. The number of rotatable bonds is 12. The number of unbranched alkanes of at least 4 members (excludes halogenated alkanes) is 1. The molecule has 2 heterocycles. The minimum absolute atomic E-state index is 0.294. The summed E-state index contributed by atoms with van der Waals surface area (Å²) in [4.78, 5) is 7.99. The Balaban J connectivity index is 0.000000510. The molecule has 0 spiro atoms. The average molecular weight is 549 g/mol. The quantitative estimate of drug-likeness (QED) is 0.166. The Morgan fingerprint density at radius 3 is 2.86 bits per heavy atom. The molecule has 1 aromatic rings. The van der Waals surface area contributed by atoms with E-state index in [0.717, 1.165) is 35.6 Å². The number of nitrogens with zero attached hydrogens (tertiary/aromatic N) is 2. The van der Waals surface area contributed by atoms with Crippen molar-refractivity contribution in [1.82, 2.24) is 15.4 Å². The van der Waals surface area contributed by atoms with E-state index in [4.69, 9.17) is 22.3 Å². The van der Waals surface area contributed by atoms with Crippen LogP contribution in [0.4, 0.5) is 8.78 Å². The number of nitrogens with two attached hydrogens (primary N) is 1. The van der Waals surface area contributed by atoms with Gasteiger partial charge in [-0.2, -0.15) is 0 Å². The van der Waals surface area contributed by atoms with E-state index in [1.54, 1.807) is 36.2 Å². The number of fused-ring (bicyclic) bond motifs is 1. The van der Waals surface area contributed by atoms with E-state index >= 15 is 0 Å². The van der Waals surface area contributed by atoms with Gasteiger partial charge in [0.1, 0.15) is 11.7 Å². The molecule has 2 aliphatic rings. The molecule has 0 bridgehead atoms. The zero-order valence-corrected chi connectivity index (χ0v) is 23.5. The Hall–Kier alpha value is -2.07. The van der Waals surface area contributed by atoms with Crippen molar-refractivity contribution in [3.63, 3.8) is 0 Å². The standard InChI is InChI=1S/C21H34BFN5S.C6H4ClF/c1-5-7-9-22-27-17-12-20-18(19(24)8-10-25-16(4)23)13-26-21(28(20)14-17)15(3)29-11-6-2;7-5-2-1-3-6(8)4-5/h6,8,10-11,16-17,19,25,27H,3,5,7,9,12-14,24H2,1-2,4H3;1-4H/b10-8-,11-6-;. The van der Waals surface area contributed by atoms with Crippen LogP contribution < -0.4 is 16.3 Å². The molecule has 201 valence electrons. The molecule has 3 atom stereocenters. The Bertz CT molecular complexity index is 982. The SMILES string of the molecule is C=C(S/C=C\C)C1=NCC(C(N)/C=C\NC(C)F)=C2CC(N[B]CCCC)CN12.Fc1cccc(Cl)c1. The number of hydrogen-bond donors (Lipinski definition) is 3. The number of hydrogen-bond acceptors (Lipinski definition) is 6. The first-order chi connectivity index (χ1) is 17.8. The van der Waals surface area contributed by atoms with Crippen LogP contribution in [0.15, 0.2) is 75.8 Å². The van der Waals surface area contributed by atoms with E-state index in [0.29, 0.717) is 17.6 Å². The number of nitrogens with one attached hydrogen (secondary N) is 2. The molecule has 37 heavy (non-hydrogen) atoms. The van der Waals surface area contributed by atoms with Crippen LogP contribution >= 0.6 is 23.4 Å². The molecule has 0 saturated carbocycles. The number of thioether (sulfide) groups is 1. The summed E-state index contributed by atoms with van der Waals surface area (Å²) in [5, 5.41) is 8.65. The van der Waals surface area contributed by atoms with Gasteiger partial charge < -0.3 is 21.2 Å². The molecule has 0 amide bonds. The lowest BCUT2D eigenvalue weighted by Crippen LogP contribution is -2.39. The van der Waals surface area contributed by atoms with Crippen molar-refractivity contribution < 1.29 is 8.78 Å². The van der Waals surface area contributed by atoms with Crippen molar-refractivity contribution in [2.45, 2.75) is 64.7 Å². The fourth-order valence-electron chi connectivity index (χ4n) is 3.87. The molecule has 2 aliphatic heterocycles. The third-order valence-corrected chi connectivity index (χ3v) is 6.77. The normalized spacial score (nSPS) is 18.8. The van der Waals surface area contributed by atoms with Crippen LogP contribution in [0.3, 0.4) is 0 Å². The number of halogens is 3. The summed E-state index contributed by atoms with van der Waals surface area (Å²) >= 11 is 6.99. The largest absolute Gasteiger partial charge is 0.363 e. The first kappa shape index (κ1) is 31.2. The summed E-state index contributed by atoms with van der Waals surface area (Å²) in [7, 11) is 2.18. The van der Waals surface area contributed by atoms with E-state index in [1.165, 1.54) is 37.6 Å². The Morgan fingerprint density at radius 1 is 1.46 bits per heavy atom. The van der Waals surface area contributed by atoms with E-state index in [2.05, 4.69) is 36.4 Å². The monoisotopic (exact) mass is 548 g/mol. The first-order valence-electron chi connectivity index (χ1n) is 12.6. The lowest BCUT2D eigenvalue weighted by atomic mass is 9.85. The molecule has 1 fully saturated rings. The summed E-state index contributed by atoms with van der Waals surface area (Å²) in [6.07, 6.45) is 8.64. The Morgan fingerprint density at radius 2 is 2.24 bits per heavy atom. The fourth-order valence-corrected chi connectivity index (χ4v) is 4.63. The van der Waals surface area contributed by atoms with Gasteiger partial charge in [0.05, 0.1) is 6.54 Å². The number of amidine groups is 1. The van der Waals surface area contributed by atoms with Crippen molar-refractivity contribution in [2.75, 3.05) is 13.1 Å². The van der Waals surface area contributed by atoms with Gasteiger partial charge in [-0.1, -0.05) is 68.2 Å². The van der Waals surface area contributed by atoms with Gasteiger partial charge in [-0.05, 0) is 55.3 Å². The number of allylic oxidation sites excluding steroid dienone is 1. The Labute approximate surface area is 230 Å². The summed E-state index contributed by atoms with van der Waals surface area (Å²) in [5.41, 5.74) is 8.70. The van der Waals surface area contributed by atoms with Crippen molar-refractivity contribution >= 4 is 36.6 Å². The highest BCUT2D eigenvalue weighted by Gasteiger charge is 2.35. The van der Waals surface area contributed by atoms with Gasteiger partial charge in [0.15, 0.2) is 6.30 Å². The van der Waals surface area contributed by atoms with Gasteiger partial charge in [0, 0.05) is 40.7 Å². The molecule has 3 unspecified atom stereocenters. The second-order valence-electron chi connectivity index (χ2n) is 8.75. The van der Waals surface area contributed by atoms with Crippen LogP contribution in [0.5, 0.6) is 0 Å². The van der Waals surface area contributed by atoms with E-state index in [1.807, 2.05) is 18.4 Å². The smallest absolute Gasteiger partial charge is 0.205 e. The zero-order chi connectivity index (χ0) is 27.2. The summed E-state index contributed by atoms with van der Waals surface area (Å²) in [6, 6.07) is 5.83. The third kappa shape index (κ3) is 10.7. The summed E-state index contributed by atoms with van der Waals surface area (Å²) in [6.45, 7) is 11.2. The molecule has 5 nitrogen and oxygen atoms in total. The molecular weight excluding hydrogens is 511 g/mol. The molecule has 3 rings (SSSR count). The van der Waals surface area contributed by atoms with Crippen LogP contribution in [-0.2, 0) is 0 Å². The van der Waals surface area contributed by atoms with E-state index in [9.17, 15) is 8.78 Å². The van der Waals surface area contributed by atoms with Crippen LogP contribution in [0.2, 0.25) is 11.3 Å². The highest BCUT2D eigenvalue weighted by Crippen LogP contribution is 2.34. The van der Waals surface area contributed by atoms with Crippen molar-refractivity contribution in [3.05, 3.63) is 81.6 Å². The summed E-state index contributed by atoms with van der Waals surface area (Å²) < 4.78 is 25.1. The number of alkyl halides is 1. The fraction of sp³-hybridized carbons (Fsp3) is 0.444. The van der Waals surface area contributed by atoms with Crippen LogP contribution in [-0.4, -0.2) is 49.6 Å². The maximum absolute atomic E-state index is 13.0. The first-order valence-corrected chi connectivity index (χ1v) is 13.8. The Kier molecular flexibility index (Phi) is 14.1. The molecular formula is C27H38BClF2N5S. The molecule has 1 saturated heterocycles. The van der Waals surface area contributed by atoms with Crippen molar-refractivity contribution in [2.24, 2.45) is 10.7 Å². The zero-order valence-electron chi connectivity index (χ0n) is 21.9.